The Bertz CT molecular complexity index is 1310. The number of alkyl halides is 3. The number of likely N-dealkylation sites (tertiary alicyclic amines) is 1. The largest absolute Gasteiger partial charge is 0.507 e. The maximum Gasteiger partial charge on any atom is 0.490 e. The number of aryl methyl sites for hydroxylation is 1. The number of amides is 1. The lowest BCUT2D eigenvalue weighted by Gasteiger charge is -2.46. The first-order valence-corrected chi connectivity index (χ1v) is 11.3. The molecule has 1 fully saturated rings. The van der Waals surface area contributed by atoms with E-state index in [0.29, 0.717) is 24.2 Å². The minimum atomic E-state index is -5.08. The van der Waals surface area contributed by atoms with Crippen LogP contribution in [-0.2, 0) is 10.3 Å². The summed E-state index contributed by atoms with van der Waals surface area (Å²) in [6.07, 6.45) is -0.385. The van der Waals surface area contributed by atoms with Crippen molar-refractivity contribution in [2.75, 3.05) is 24.5 Å². The van der Waals surface area contributed by atoms with Crippen LogP contribution in [0.15, 0.2) is 54.9 Å². The average molecular weight is 502 g/mol. The lowest BCUT2D eigenvalue weighted by Crippen LogP contribution is -2.52. The molecule has 2 aliphatic rings. The summed E-state index contributed by atoms with van der Waals surface area (Å²) in [5, 5.41) is 17.5. The third-order valence-corrected chi connectivity index (χ3v) is 6.59. The van der Waals surface area contributed by atoms with Gasteiger partial charge in [-0.15, -0.1) is 0 Å². The van der Waals surface area contributed by atoms with Crippen LogP contribution in [0, 0.1) is 6.92 Å². The van der Waals surface area contributed by atoms with Gasteiger partial charge in [0, 0.05) is 32.0 Å². The molecule has 1 amide bonds. The third-order valence-electron chi connectivity index (χ3n) is 6.59. The zero-order chi connectivity index (χ0) is 26.3. The molecular weight excluding hydrogens is 477 g/mol. The van der Waals surface area contributed by atoms with Gasteiger partial charge in [-0.05, 0) is 56.2 Å². The van der Waals surface area contributed by atoms with Gasteiger partial charge in [0.25, 0.3) is 5.91 Å². The van der Waals surface area contributed by atoms with Gasteiger partial charge in [0.2, 0.25) is 0 Å². The summed E-state index contributed by atoms with van der Waals surface area (Å²) >= 11 is 0. The number of phenolic OH excluding ortho intramolecular Hbond substituents is 1. The van der Waals surface area contributed by atoms with Gasteiger partial charge in [-0.1, -0.05) is 12.1 Å². The van der Waals surface area contributed by atoms with Gasteiger partial charge < -0.3 is 24.6 Å². The molecule has 190 valence electrons. The molecule has 5 rings (SSSR count). The van der Waals surface area contributed by atoms with Gasteiger partial charge >= 0.3 is 12.1 Å². The molecule has 2 N–H and O–H groups in total. The Morgan fingerprint density at radius 3 is 2.53 bits per heavy atom. The monoisotopic (exact) mass is 502 g/mol. The molecule has 4 heterocycles. The van der Waals surface area contributed by atoms with Crippen molar-refractivity contribution >= 4 is 17.6 Å². The van der Waals surface area contributed by atoms with Crippen molar-refractivity contribution in [1.82, 2.24) is 14.5 Å². The minimum Gasteiger partial charge on any atom is -0.507 e. The maximum absolute atomic E-state index is 13.3. The van der Waals surface area contributed by atoms with Crippen LogP contribution < -0.4 is 4.90 Å². The molecule has 1 spiro atoms. The van der Waals surface area contributed by atoms with Crippen molar-refractivity contribution in [3.05, 3.63) is 71.7 Å². The smallest absolute Gasteiger partial charge is 0.490 e. The van der Waals surface area contributed by atoms with E-state index in [2.05, 4.69) is 33.5 Å². The van der Waals surface area contributed by atoms with E-state index in [9.17, 15) is 23.1 Å². The van der Waals surface area contributed by atoms with E-state index >= 15 is 0 Å². The fourth-order valence-corrected chi connectivity index (χ4v) is 4.97. The second-order valence-electron chi connectivity index (χ2n) is 8.64. The van der Waals surface area contributed by atoms with E-state index in [1.807, 2.05) is 48.5 Å². The van der Waals surface area contributed by atoms with Gasteiger partial charge in [-0.25, -0.2) is 9.78 Å². The molecule has 36 heavy (non-hydrogen) atoms. The number of nitrogens with zero attached hydrogens (tertiary/aromatic N) is 4. The van der Waals surface area contributed by atoms with Crippen molar-refractivity contribution in [1.29, 1.82) is 0 Å². The Hall–Kier alpha value is -4.02. The standard InChI is InChI=1S/C23H24N4O2.C2HF3O2/c1-3-27-18-9-5-12-24-21(18)26-13-6-10-19(26)23(27)11-14-25(15-23)22(29)17-8-4-7-16(2)20(17)28;3-2(4,5)1(6)7/h4-10,12-13,28H,3,11,14-15H2,1-2H3;(H,6,7). The molecule has 2 aromatic heterocycles. The predicted molar refractivity (Wildman–Crippen MR) is 125 cm³/mol. The first kappa shape index (κ1) is 25.1. The molecular formula is C25H25F3N4O4. The summed E-state index contributed by atoms with van der Waals surface area (Å²) in [6.45, 7) is 6.00. The number of benzene rings is 1. The van der Waals surface area contributed by atoms with Crippen LogP contribution in [0.2, 0.25) is 0 Å². The number of carbonyl (C=O) groups excluding carboxylic acids is 1. The first-order chi connectivity index (χ1) is 17.0. The third kappa shape index (κ3) is 4.14. The van der Waals surface area contributed by atoms with Crippen LogP contribution in [0.5, 0.6) is 5.75 Å². The molecule has 1 unspecified atom stereocenters. The molecule has 0 saturated carbocycles. The van der Waals surface area contributed by atoms with Crippen LogP contribution in [-0.4, -0.2) is 62.4 Å². The molecule has 3 aromatic rings. The summed E-state index contributed by atoms with van der Waals surface area (Å²) < 4.78 is 33.9. The van der Waals surface area contributed by atoms with Gasteiger partial charge in [0.15, 0.2) is 5.82 Å². The highest BCUT2D eigenvalue weighted by molar-refractivity contribution is 5.97. The molecule has 1 saturated heterocycles. The Balaban J connectivity index is 0.000000384. The van der Waals surface area contributed by atoms with E-state index in [4.69, 9.17) is 9.90 Å². The summed E-state index contributed by atoms with van der Waals surface area (Å²) in [5.41, 5.74) is 3.04. The first-order valence-electron chi connectivity index (χ1n) is 11.3. The predicted octanol–water partition coefficient (Wildman–Crippen LogP) is 4.10. The van der Waals surface area contributed by atoms with Gasteiger partial charge in [0.05, 0.1) is 16.9 Å². The minimum absolute atomic E-state index is 0.0763. The molecule has 1 atom stereocenters. The van der Waals surface area contributed by atoms with Crippen LogP contribution in [0.3, 0.4) is 0 Å². The number of carbonyl (C=O) groups is 2. The van der Waals surface area contributed by atoms with Crippen molar-refractivity contribution < 1.29 is 33.0 Å². The fraction of sp³-hybridized carbons (Fsp3) is 0.320. The second-order valence-corrected chi connectivity index (χ2v) is 8.64. The summed E-state index contributed by atoms with van der Waals surface area (Å²) in [6, 6.07) is 13.6. The topological polar surface area (TPSA) is 98.9 Å². The highest BCUT2D eigenvalue weighted by atomic mass is 19.4. The molecule has 2 aliphatic heterocycles. The van der Waals surface area contributed by atoms with E-state index in [0.717, 1.165) is 30.2 Å². The number of fused-ring (bicyclic) bond motifs is 4. The number of rotatable bonds is 2. The van der Waals surface area contributed by atoms with E-state index < -0.39 is 12.1 Å². The summed E-state index contributed by atoms with van der Waals surface area (Å²) in [7, 11) is 0. The zero-order valence-electron chi connectivity index (χ0n) is 19.7. The van der Waals surface area contributed by atoms with Gasteiger partial charge in [-0.2, -0.15) is 13.2 Å². The molecule has 0 aliphatic carbocycles. The van der Waals surface area contributed by atoms with E-state index in [1.165, 1.54) is 0 Å². The van der Waals surface area contributed by atoms with Crippen molar-refractivity contribution in [3.8, 4) is 11.6 Å². The number of carboxylic acid groups (broad SMARTS) is 1. The number of aromatic hydroxyl groups is 1. The summed E-state index contributed by atoms with van der Waals surface area (Å²) in [4.78, 5) is 31.0. The normalized spacial score (nSPS) is 18.4. The number of pyridine rings is 1. The Labute approximate surface area is 205 Å². The van der Waals surface area contributed by atoms with Crippen LogP contribution >= 0.6 is 0 Å². The molecule has 8 nitrogen and oxygen atoms in total. The van der Waals surface area contributed by atoms with Crippen LogP contribution in [0.4, 0.5) is 18.9 Å². The number of anilines is 1. The number of aliphatic carboxylic acids is 1. The highest BCUT2D eigenvalue weighted by Crippen LogP contribution is 2.47. The second kappa shape index (κ2) is 9.21. The molecule has 11 heteroatoms. The molecule has 0 bridgehead atoms. The SMILES string of the molecule is CCN1c2cccnc2-n2cccc2C12CCN(C(=O)c1cccc(C)c1O)C2.O=C(O)C(F)(F)F. The van der Waals surface area contributed by atoms with E-state index in [-0.39, 0.29) is 17.2 Å². The highest BCUT2D eigenvalue weighted by Gasteiger charge is 2.50. The van der Waals surface area contributed by atoms with Crippen LogP contribution in [0.1, 0.15) is 35.0 Å². The molecule has 0 radical (unpaired) electrons. The molecule has 1 aromatic carbocycles. The Kier molecular flexibility index (Phi) is 6.42. The zero-order valence-corrected chi connectivity index (χ0v) is 19.7. The number of para-hydroxylation sites is 1. The number of phenols is 1. The van der Waals surface area contributed by atoms with E-state index in [1.54, 1.807) is 6.07 Å². The quantitative estimate of drug-likeness (QED) is 0.548. The number of hydrogen-bond acceptors (Lipinski definition) is 5. The van der Waals surface area contributed by atoms with Crippen molar-refractivity contribution in [2.24, 2.45) is 0 Å². The number of halogens is 3. The Morgan fingerprint density at radius 1 is 1.14 bits per heavy atom. The van der Waals surface area contributed by atoms with Crippen LogP contribution in [0.25, 0.3) is 5.82 Å². The number of likely N-dealkylation sites (N-methyl/N-ethyl adjacent to an activating group) is 1. The number of carboxylic acids is 1. The summed E-state index contributed by atoms with van der Waals surface area (Å²) in [5.74, 6) is -1.87. The lowest BCUT2D eigenvalue weighted by molar-refractivity contribution is -0.192. The maximum atomic E-state index is 13.3. The fourth-order valence-electron chi connectivity index (χ4n) is 4.97. The van der Waals surface area contributed by atoms with Gasteiger partial charge in [0.1, 0.15) is 11.3 Å². The van der Waals surface area contributed by atoms with Crippen molar-refractivity contribution in [3.63, 3.8) is 0 Å². The number of aromatic nitrogens is 2. The van der Waals surface area contributed by atoms with Gasteiger partial charge in [-0.3, -0.25) is 4.79 Å². The average Bonchev–Trinajstić information content (AvgIpc) is 3.50. The lowest BCUT2D eigenvalue weighted by atomic mass is 9.89. The number of hydrogen-bond donors (Lipinski definition) is 2. The van der Waals surface area contributed by atoms with Crippen molar-refractivity contribution in [2.45, 2.75) is 32.0 Å². The Morgan fingerprint density at radius 2 is 1.86 bits per heavy atom.